The van der Waals surface area contributed by atoms with Crippen molar-refractivity contribution in [2.24, 2.45) is 0 Å². The molecule has 0 bridgehead atoms. The molecule has 0 spiro atoms. The van der Waals surface area contributed by atoms with E-state index >= 15 is 0 Å². The number of halogens is 1. The molecule has 0 saturated heterocycles. The monoisotopic (exact) mass is 356 g/mol. The third-order valence-corrected chi connectivity index (χ3v) is 6.47. The third kappa shape index (κ3) is 4.69. The van der Waals surface area contributed by atoms with Crippen molar-refractivity contribution in [3.63, 3.8) is 0 Å². The Kier molecular flexibility index (Phi) is 6.24. The standard InChI is InChI=1S/C12H21ClN2O4S2/c1-4-10-12(21(13,18)19)11(5-2)15(14-10)8-7-9-20(16,17)6-3/h4-9H2,1-3H3. The Morgan fingerprint density at radius 1 is 1.10 bits per heavy atom. The van der Waals surface area contributed by atoms with Crippen LogP contribution in [0.4, 0.5) is 0 Å². The van der Waals surface area contributed by atoms with Gasteiger partial charge in [0.25, 0.3) is 9.05 Å². The molecule has 0 N–H and O–H groups in total. The Balaban J connectivity index is 3.07. The van der Waals surface area contributed by atoms with Crippen molar-refractivity contribution in [1.82, 2.24) is 9.78 Å². The van der Waals surface area contributed by atoms with E-state index in [4.69, 9.17) is 10.7 Å². The van der Waals surface area contributed by atoms with Crippen LogP contribution in [0, 0.1) is 0 Å². The van der Waals surface area contributed by atoms with E-state index in [9.17, 15) is 16.8 Å². The summed E-state index contributed by atoms with van der Waals surface area (Å²) in [6.45, 7) is 5.59. The van der Waals surface area contributed by atoms with Gasteiger partial charge in [-0.25, -0.2) is 16.8 Å². The van der Waals surface area contributed by atoms with Crippen molar-refractivity contribution < 1.29 is 16.8 Å². The molecule has 1 aromatic heterocycles. The lowest BCUT2D eigenvalue weighted by Gasteiger charge is -2.06. The fraction of sp³-hybridized carbons (Fsp3) is 0.750. The minimum Gasteiger partial charge on any atom is -0.268 e. The molecule has 0 aliphatic heterocycles. The first-order valence-corrected chi connectivity index (χ1v) is 11.0. The summed E-state index contributed by atoms with van der Waals surface area (Å²) in [5.41, 5.74) is 0.968. The average molecular weight is 357 g/mol. The largest absolute Gasteiger partial charge is 0.268 e. The second kappa shape index (κ2) is 7.11. The number of aryl methyl sites for hydroxylation is 2. The van der Waals surface area contributed by atoms with Crippen LogP contribution in [0.15, 0.2) is 4.90 Å². The van der Waals surface area contributed by atoms with Crippen LogP contribution in [0.2, 0.25) is 0 Å². The van der Waals surface area contributed by atoms with E-state index in [2.05, 4.69) is 5.10 Å². The Morgan fingerprint density at radius 3 is 2.14 bits per heavy atom. The SMILES string of the molecule is CCc1nn(CCCS(=O)(=O)CC)c(CC)c1S(=O)(=O)Cl. The molecule has 0 amide bonds. The van der Waals surface area contributed by atoms with Gasteiger partial charge in [-0.1, -0.05) is 20.8 Å². The number of hydrogen-bond donors (Lipinski definition) is 0. The van der Waals surface area contributed by atoms with Crippen molar-refractivity contribution >= 4 is 29.6 Å². The van der Waals surface area contributed by atoms with E-state index in [1.165, 1.54) is 0 Å². The smallest absolute Gasteiger partial charge is 0.264 e. The normalized spacial score (nSPS) is 12.8. The molecule has 0 radical (unpaired) electrons. The summed E-state index contributed by atoms with van der Waals surface area (Å²) in [6, 6.07) is 0. The van der Waals surface area contributed by atoms with Crippen LogP contribution in [0.3, 0.4) is 0 Å². The first-order chi connectivity index (χ1) is 9.66. The molecule has 0 aliphatic carbocycles. The highest BCUT2D eigenvalue weighted by molar-refractivity contribution is 8.13. The molecule has 1 rings (SSSR count). The maximum atomic E-state index is 11.7. The van der Waals surface area contributed by atoms with Gasteiger partial charge in [-0.05, 0) is 19.3 Å². The van der Waals surface area contributed by atoms with Gasteiger partial charge in [-0.2, -0.15) is 5.10 Å². The predicted molar refractivity (Wildman–Crippen MR) is 83.0 cm³/mol. The van der Waals surface area contributed by atoms with Crippen molar-refractivity contribution in [3.8, 4) is 0 Å². The van der Waals surface area contributed by atoms with E-state index in [1.54, 1.807) is 18.5 Å². The summed E-state index contributed by atoms with van der Waals surface area (Å²) < 4.78 is 47.9. The van der Waals surface area contributed by atoms with Gasteiger partial charge >= 0.3 is 0 Å². The number of aromatic nitrogens is 2. The Hall–Kier alpha value is -0.600. The van der Waals surface area contributed by atoms with Crippen LogP contribution in [-0.2, 0) is 38.3 Å². The minimum atomic E-state index is -3.85. The molecular formula is C12H21ClN2O4S2. The highest BCUT2D eigenvalue weighted by atomic mass is 35.7. The zero-order chi connectivity index (χ0) is 16.3. The van der Waals surface area contributed by atoms with Crippen molar-refractivity contribution in [3.05, 3.63) is 11.4 Å². The quantitative estimate of drug-likeness (QED) is 0.662. The lowest BCUT2D eigenvalue weighted by molar-refractivity contribution is 0.555. The van der Waals surface area contributed by atoms with Gasteiger partial charge in [-0.3, -0.25) is 4.68 Å². The van der Waals surface area contributed by atoms with Crippen LogP contribution < -0.4 is 0 Å². The van der Waals surface area contributed by atoms with Crippen molar-refractivity contribution in [1.29, 1.82) is 0 Å². The first-order valence-electron chi connectivity index (χ1n) is 6.89. The Morgan fingerprint density at radius 2 is 1.71 bits per heavy atom. The second-order valence-corrected chi connectivity index (χ2v) is 9.66. The van der Waals surface area contributed by atoms with Crippen LogP contribution in [0.25, 0.3) is 0 Å². The van der Waals surface area contributed by atoms with Crippen molar-refractivity contribution in [2.45, 2.75) is 51.5 Å². The summed E-state index contributed by atoms with van der Waals surface area (Å²) >= 11 is 0. The average Bonchev–Trinajstić information content (AvgIpc) is 2.76. The zero-order valence-electron chi connectivity index (χ0n) is 12.5. The molecule has 21 heavy (non-hydrogen) atoms. The Labute approximate surface area is 130 Å². The maximum absolute atomic E-state index is 11.7. The first kappa shape index (κ1) is 18.4. The molecule has 0 saturated carbocycles. The van der Waals surface area contributed by atoms with Gasteiger partial charge in [0.05, 0.1) is 17.1 Å². The van der Waals surface area contributed by atoms with Crippen LogP contribution in [0.5, 0.6) is 0 Å². The summed E-state index contributed by atoms with van der Waals surface area (Å²) in [5.74, 6) is 0.172. The summed E-state index contributed by atoms with van der Waals surface area (Å²) in [5, 5.41) is 4.27. The highest BCUT2D eigenvalue weighted by Gasteiger charge is 2.25. The van der Waals surface area contributed by atoms with E-state index in [0.717, 1.165) is 0 Å². The van der Waals surface area contributed by atoms with E-state index < -0.39 is 18.9 Å². The van der Waals surface area contributed by atoms with Crippen LogP contribution in [0.1, 0.15) is 38.6 Å². The van der Waals surface area contributed by atoms with Gasteiger partial charge < -0.3 is 0 Å². The number of hydrogen-bond acceptors (Lipinski definition) is 5. The lowest BCUT2D eigenvalue weighted by atomic mass is 10.2. The summed E-state index contributed by atoms with van der Waals surface area (Å²) in [4.78, 5) is 0.0764. The summed E-state index contributed by atoms with van der Waals surface area (Å²) in [7, 11) is -1.40. The van der Waals surface area contributed by atoms with E-state index in [-0.39, 0.29) is 16.4 Å². The fourth-order valence-corrected chi connectivity index (χ4v) is 4.54. The van der Waals surface area contributed by atoms with Crippen molar-refractivity contribution in [2.75, 3.05) is 11.5 Å². The molecule has 0 aromatic carbocycles. The molecule has 0 fully saturated rings. The molecule has 0 aliphatic rings. The van der Waals surface area contributed by atoms with Gasteiger partial charge in [0.2, 0.25) is 0 Å². The molecule has 1 aromatic rings. The third-order valence-electron chi connectivity index (χ3n) is 3.26. The molecule has 0 atom stereocenters. The van der Waals surface area contributed by atoms with Gasteiger partial charge in [0.15, 0.2) is 0 Å². The topological polar surface area (TPSA) is 86.1 Å². The molecule has 6 nitrogen and oxygen atoms in total. The van der Waals surface area contributed by atoms with Crippen LogP contribution in [-0.4, -0.2) is 38.1 Å². The zero-order valence-corrected chi connectivity index (χ0v) is 14.9. The fourth-order valence-electron chi connectivity index (χ4n) is 2.15. The molecular weight excluding hydrogens is 336 g/mol. The second-order valence-electron chi connectivity index (χ2n) is 4.68. The molecule has 0 unspecified atom stereocenters. The van der Waals surface area contributed by atoms with E-state index in [0.29, 0.717) is 37.2 Å². The van der Waals surface area contributed by atoms with Crippen LogP contribution >= 0.6 is 10.7 Å². The highest BCUT2D eigenvalue weighted by Crippen LogP contribution is 2.25. The predicted octanol–water partition coefficient (Wildman–Crippen LogP) is 1.76. The molecule has 9 heteroatoms. The Bertz CT molecular complexity index is 693. The maximum Gasteiger partial charge on any atom is 0.264 e. The summed E-state index contributed by atoms with van der Waals surface area (Å²) in [6.07, 6.45) is 1.32. The van der Waals surface area contributed by atoms with Gasteiger partial charge in [-0.15, -0.1) is 0 Å². The number of nitrogens with zero attached hydrogens (tertiary/aromatic N) is 2. The molecule has 122 valence electrons. The van der Waals surface area contributed by atoms with Gasteiger partial charge in [0, 0.05) is 23.0 Å². The lowest BCUT2D eigenvalue weighted by Crippen LogP contribution is -2.13. The van der Waals surface area contributed by atoms with E-state index in [1.807, 2.05) is 6.92 Å². The number of sulfone groups is 1. The minimum absolute atomic E-state index is 0.0664. The van der Waals surface area contributed by atoms with Gasteiger partial charge in [0.1, 0.15) is 14.7 Å². The number of rotatable bonds is 8. The molecule has 1 heterocycles.